The Morgan fingerprint density at radius 3 is 1.25 bits per heavy atom. The Morgan fingerprint density at radius 1 is 0.800 bits per heavy atom. The second kappa shape index (κ2) is 8.20. The predicted octanol–water partition coefficient (Wildman–Crippen LogP) is 2.73. The summed E-state index contributed by atoms with van der Waals surface area (Å²) in [5.74, 6) is -0.296. The number of phenolic OH excluding ortho intramolecular Hbond substituents is 2. The highest BCUT2D eigenvalue weighted by molar-refractivity contribution is 5.86. The topological polar surface area (TPSA) is 90.3 Å². The molecule has 2 aromatic carbocycles. The standard InChI is InChI=1S/2C6H6O.C3H2O3/c2*7-6-4-2-1-3-5-6;4-3(5)2-1-6-2/h2*1-5,7H;1H,(H,4,5). The number of rotatable bonds is 1. The van der Waals surface area contributed by atoms with Crippen molar-refractivity contribution in [2.75, 3.05) is 0 Å². The van der Waals surface area contributed by atoms with Gasteiger partial charge in [0.1, 0.15) is 17.8 Å². The van der Waals surface area contributed by atoms with Crippen molar-refractivity contribution in [3.05, 3.63) is 72.7 Å². The highest BCUT2D eigenvalue weighted by Crippen LogP contribution is 2.11. The maximum Gasteiger partial charge on any atom is 0.375 e. The van der Waals surface area contributed by atoms with Crippen molar-refractivity contribution < 1.29 is 24.9 Å². The molecule has 0 unspecified atom stereocenters. The van der Waals surface area contributed by atoms with Gasteiger partial charge in [0.2, 0.25) is 5.76 Å². The summed E-state index contributed by atoms with van der Waals surface area (Å²) >= 11 is 0. The van der Waals surface area contributed by atoms with E-state index >= 15 is 0 Å². The molecule has 2 aromatic rings. The number of phenols is 2. The van der Waals surface area contributed by atoms with Gasteiger partial charge >= 0.3 is 5.97 Å². The van der Waals surface area contributed by atoms with Crippen LogP contribution in [0.4, 0.5) is 0 Å². The molecule has 1 aliphatic rings. The molecule has 0 saturated carbocycles. The third-order valence-corrected chi connectivity index (χ3v) is 1.96. The van der Waals surface area contributed by atoms with Crippen molar-refractivity contribution in [2.24, 2.45) is 0 Å². The number of carbonyl (C=O) groups is 1. The van der Waals surface area contributed by atoms with Gasteiger partial charge in [-0.2, -0.15) is 0 Å². The Kier molecular flexibility index (Phi) is 6.20. The number of para-hydroxylation sites is 2. The Bertz CT molecular complexity index is 511. The number of hydrogen-bond donors (Lipinski definition) is 3. The normalized spacial score (nSPS) is 10.5. The van der Waals surface area contributed by atoms with Crippen LogP contribution in [0.15, 0.2) is 72.7 Å². The second-order valence-electron chi connectivity index (χ2n) is 3.58. The van der Waals surface area contributed by atoms with E-state index in [1.165, 1.54) is 6.26 Å². The first kappa shape index (κ1) is 15.1. The maximum atomic E-state index is 9.57. The fourth-order valence-electron chi connectivity index (χ4n) is 0.986. The van der Waals surface area contributed by atoms with Crippen molar-refractivity contribution in [3.63, 3.8) is 0 Å². The molecule has 5 nitrogen and oxygen atoms in total. The summed E-state index contributed by atoms with van der Waals surface area (Å²) in [4.78, 5) is 9.57. The fourth-order valence-corrected chi connectivity index (χ4v) is 0.986. The van der Waals surface area contributed by atoms with Crippen molar-refractivity contribution >= 4 is 5.97 Å². The molecule has 0 aromatic heterocycles. The predicted molar refractivity (Wildman–Crippen MR) is 73.0 cm³/mol. The third kappa shape index (κ3) is 7.39. The highest BCUT2D eigenvalue weighted by atomic mass is 16.6. The smallest absolute Gasteiger partial charge is 0.375 e. The van der Waals surface area contributed by atoms with Gasteiger partial charge in [-0.1, -0.05) is 36.4 Å². The van der Waals surface area contributed by atoms with E-state index in [1.807, 2.05) is 12.1 Å². The number of carboxylic acids is 1. The lowest BCUT2D eigenvalue weighted by Crippen LogP contribution is -1.88. The van der Waals surface area contributed by atoms with E-state index in [-0.39, 0.29) is 5.76 Å². The molecule has 0 aliphatic carbocycles. The van der Waals surface area contributed by atoms with E-state index in [0.29, 0.717) is 11.5 Å². The zero-order valence-corrected chi connectivity index (χ0v) is 10.5. The minimum Gasteiger partial charge on any atom is -0.508 e. The summed E-state index contributed by atoms with van der Waals surface area (Å²) in [6.45, 7) is 0. The Labute approximate surface area is 116 Å². The molecule has 0 saturated heterocycles. The van der Waals surface area contributed by atoms with Crippen LogP contribution in [0.3, 0.4) is 0 Å². The van der Waals surface area contributed by atoms with Gasteiger partial charge in [-0.25, -0.2) is 4.79 Å². The molecule has 104 valence electrons. The second-order valence-corrected chi connectivity index (χ2v) is 3.58. The van der Waals surface area contributed by atoms with Gasteiger partial charge in [0, 0.05) is 0 Å². The highest BCUT2D eigenvalue weighted by Gasteiger charge is 2.17. The molecule has 20 heavy (non-hydrogen) atoms. The van der Waals surface area contributed by atoms with Gasteiger partial charge in [-0.05, 0) is 24.3 Å². The quantitative estimate of drug-likeness (QED) is 0.743. The molecular weight excluding hydrogens is 260 g/mol. The van der Waals surface area contributed by atoms with E-state index in [2.05, 4.69) is 4.74 Å². The van der Waals surface area contributed by atoms with Crippen molar-refractivity contribution in [1.82, 2.24) is 0 Å². The zero-order chi connectivity index (χ0) is 14.8. The van der Waals surface area contributed by atoms with Crippen LogP contribution in [-0.4, -0.2) is 21.3 Å². The number of ether oxygens (including phenoxy) is 1. The van der Waals surface area contributed by atoms with Crippen LogP contribution in [0.25, 0.3) is 0 Å². The Hall–Kier alpha value is -2.95. The van der Waals surface area contributed by atoms with Gasteiger partial charge < -0.3 is 20.1 Å². The van der Waals surface area contributed by atoms with Crippen LogP contribution in [0.5, 0.6) is 11.5 Å². The first-order valence-electron chi connectivity index (χ1n) is 5.67. The average Bonchev–Trinajstić information content (AvgIpc) is 3.26. The molecule has 0 spiro atoms. The van der Waals surface area contributed by atoms with E-state index in [1.54, 1.807) is 48.5 Å². The number of hydrogen-bond acceptors (Lipinski definition) is 4. The fraction of sp³-hybridized carbons (Fsp3) is 0. The van der Waals surface area contributed by atoms with Gasteiger partial charge in [0.05, 0.1) is 0 Å². The monoisotopic (exact) mass is 274 g/mol. The molecule has 3 N–H and O–H groups in total. The lowest BCUT2D eigenvalue weighted by Gasteiger charge is -1.82. The van der Waals surface area contributed by atoms with Crippen LogP contribution in [-0.2, 0) is 9.53 Å². The van der Waals surface area contributed by atoms with Gasteiger partial charge in [-0.15, -0.1) is 0 Å². The molecule has 0 bridgehead atoms. The van der Waals surface area contributed by atoms with Gasteiger partial charge in [0.15, 0.2) is 0 Å². The van der Waals surface area contributed by atoms with Gasteiger partial charge in [-0.3, -0.25) is 0 Å². The summed E-state index contributed by atoms with van der Waals surface area (Å²) < 4.78 is 4.16. The lowest BCUT2D eigenvalue weighted by atomic mass is 10.3. The van der Waals surface area contributed by atoms with Crippen molar-refractivity contribution in [2.45, 2.75) is 0 Å². The number of aliphatic carboxylic acids is 1. The van der Waals surface area contributed by atoms with E-state index in [9.17, 15) is 4.79 Å². The van der Waals surface area contributed by atoms with Crippen LogP contribution in [0, 0.1) is 0 Å². The first-order chi connectivity index (χ1) is 9.59. The summed E-state index contributed by atoms with van der Waals surface area (Å²) in [6.07, 6.45) is 1.18. The zero-order valence-electron chi connectivity index (χ0n) is 10.5. The molecule has 0 fully saturated rings. The van der Waals surface area contributed by atoms with E-state index < -0.39 is 5.97 Å². The van der Waals surface area contributed by atoms with E-state index in [0.717, 1.165) is 0 Å². The molecule has 0 radical (unpaired) electrons. The summed E-state index contributed by atoms with van der Waals surface area (Å²) in [7, 11) is 0. The van der Waals surface area contributed by atoms with Crippen LogP contribution in [0.1, 0.15) is 0 Å². The lowest BCUT2D eigenvalue weighted by molar-refractivity contribution is -0.133. The first-order valence-corrected chi connectivity index (χ1v) is 5.67. The SMILES string of the molecule is O=C(O)C1=CO1.Oc1ccccc1.Oc1ccccc1. The molecule has 5 heteroatoms. The van der Waals surface area contributed by atoms with Crippen LogP contribution >= 0.6 is 0 Å². The van der Waals surface area contributed by atoms with Gasteiger partial charge in [0.25, 0.3) is 0 Å². The van der Waals surface area contributed by atoms with Crippen LogP contribution in [0.2, 0.25) is 0 Å². The molecule has 0 atom stereocenters. The third-order valence-electron chi connectivity index (χ3n) is 1.96. The summed E-state index contributed by atoms with van der Waals surface area (Å²) in [5.41, 5.74) is 0. The van der Waals surface area contributed by atoms with E-state index in [4.69, 9.17) is 15.3 Å². The number of benzene rings is 2. The minimum atomic E-state index is -0.991. The molecular formula is C15H14O5. The molecule has 1 aliphatic heterocycles. The number of aromatic hydroxyl groups is 2. The number of carboxylic acid groups (broad SMARTS) is 1. The van der Waals surface area contributed by atoms with Crippen molar-refractivity contribution in [1.29, 1.82) is 0 Å². The Morgan fingerprint density at radius 2 is 1.15 bits per heavy atom. The summed E-state index contributed by atoms with van der Waals surface area (Å²) in [5, 5.41) is 25.1. The molecule has 1 heterocycles. The maximum absolute atomic E-state index is 9.57. The minimum absolute atomic E-state index is 0.0509. The summed E-state index contributed by atoms with van der Waals surface area (Å²) in [6, 6.07) is 17.4. The average molecular weight is 274 g/mol. The van der Waals surface area contributed by atoms with Crippen LogP contribution < -0.4 is 0 Å². The molecule has 0 amide bonds. The Balaban J connectivity index is 0.000000151. The molecule has 3 rings (SSSR count). The largest absolute Gasteiger partial charge is 0.508 e. The van der Waals surface area contributed by atoms with Crippen molar-refractivity contribution in [3.8, 4) is 11.5 Å².